The van der Waals surface area contributed by atoms with Crippen molar-refractivity contribution in [1.82, 2.24) is 0 Å². The second kappa shape index (κ2) is 6.58. The van der Waals surface area contributed by atoms with Gasteiger partial charge in [0.25, 0.3) is 5.91 Å². The highest BCUT2D eigenvalue weighted by molar-refractivity contribution is 9.11. The van der Waals surface area contributed by atoms with Crippen molar-refractivity contribution in [2.45, 2.75) is 6.92 Å². The average molecular weight is 417 g/mol. The zero-order valence-electron chi connectivity index (χ0n) is 11.3. The molecule has 0 aliphatic carbocycles. The highest BCUT2D eigenvalue weighted by Gasteiger charge is 2.15. The second-order valence-corrected chi connectivity index (χ2v) is 6.11. The van der Waals surface area contributed by atoms with Gasteiger partial charge in [-0.25, -0.2) is 4.39 Å². The lowest BCUT2D eigenvalue weighted by Gasteiger charge is -2.11. The number of carbonyl (C=O) groups is 1. The van der Waals surface area contributed by atoms with Gasteiger partial charge in [0.1, 0.15) is 11.6 Å². The molecule has 110 valence electrons. The van der Waals surface area contributed by atoms with Crippen LogP contribution in [0.15, 0.2) is 39.3 Å². The van der Waals surface area contributed by atoms with Crippen LogP contribution in [0.2, 0.25) is 0 Å². The van der Waals surface area contributed by atoms with E-state index in [-0.39, 0.29) is 5.56 Å². The summed E-state index contributed by atoms with van der Waals surface area (Å²) in [6.07, 6.45) is 0. The lowest BCUT2D eigenvalue weighted by molar-refractivity contribution is 0.102. The monoisotopic (exact) mass is 415 g/mol. The number of methoxy groups -OCH3 is 1. The molecular weight excluding hydrogens is 405 g/mol. The van der Waals surface area contributed by atoms with E-state index in [4.69, 9.17) is 4.74 Å². The van der Waals surface area contributed by atoms with Gasteiger partial charge in [-0.1, -0.05) is 11.6 Å². The van der Waals surface area contributed by atoms with E-state index >= 15 is 0 Å². The van der Waals surface area contributed by atoms with E-state index in [9.17, 15) is 9.18 Å². The van der Waals surface area contributed by atoms with Gasteiger partial charge in [0, 0.05) is 10.5 Å². The summed E-state index contributed by atoms with van der Waals surface area (Å²) in [5, 5.41) is 2.67. The average Bonchev–Trinajstić information content (AvgIpc) is 2.44. The molecule has 21 heavy (non-hydrogen) atoms. The maximum Gasteiger partial charge on any atom is 0.258 e. The van der Waals surface area contributed by atoms with Crippen molar-refractivity contribution in [2.75, 3.05) is 12.4 Å². The number of hydrogen-bond acceptors (Lipinski definition) is 2. The van der Waals surface area contributed by atoms with Gasteiger partial charge in [-0.05, 0) is 57.0 Å². The molecule has 2 aromatic rings. The fourth-order valence-corrected chi connectivity index (χ4v) is 3.04. The number of nitrogens with one attached hydrogen (secondary N) is 1. The Labute approximate surface area is 138 Å². The Kier molecular flexibility index (Phi) is 5.00. The van der Waals surface area contributed by atoms with Crippen LogP contribution in [0, 0.1) is 12.7 Å². The van der Waals surface area contributed by atoms with Crippen LogP contribution in [0.3, 0.4) is 0 Å². The Hall–Kier alpha value is -1.40. The number of amides is 1. The molecule has 6 heteroatoms. The summed E-state index contributed by atoms with van der Waals surface area (Å²) in [5.74, 6) is -0.502. The Morgan fingerprint density at radius 3 is 2.57 bits per heavy atom. The maximum absolute atomic E-state index is 13.7. The number of benzene rings is 2. The molecule has 0 unspecified atom stereocenters. The summed E-state index contributed by atoms with van der Waals surface area (Å²) in [6, 6.07) is 7.81. The fourth-order valence-electron chi connectivity index (χ4n) is 1.78. The minimum atomic E-state index is -0.557. The van der Waals surface area contributed by atoms with Crippen molar-refractivity contribution in [2.24, 2.45) is 0 Å². The molecule has 0 bridgehead atoms. The van der Waals surface area contributed by atoms with Crippen LogP contribution >= 0.6 is 31.9 Å². The summed E-state index contributed by atoms with van der Waals surface area (Å²) in [5.41, 5.74) is 1.32. The predicted octanol–water partition coefficient (Wildman–Crippen LogP) is 4.92. The molecule has 0 heterocycles. The molecule has 1 N–H and O–H groups in total. The van der Waals surface area contributed by atoms with Crippen LogP contribution < -0.4 is 10.1 Å². The quantitative estimate of drug-likeness (QED) is 0.771. The molecule has 0 aliphatic heterocycles. The molecule has 0 fully saturated rings. The molecule has 0 saturated carbocycles. The number of ether oxygens (including phenoxy) is 1. The first-order valence-corrected chi connectivity index (χ1v) is 7.61. The van der Waals surface area contributed by atoms with Crippen LogP contribution in [0.25, 0.3) is 0 Å². The fraction of sp³-hybridized carbons (Fsp3) is 0.133. The third-order valence-corrected chi connectivity index (χ3v) is 4.13. The summed E-state index contributed by atoms with van der Waals surface area (Å²) >= 11 is 6.70. The first kappa shape index (κ1) is 16.0. The molecule has 2 aromatic carbocycles. The Bertz CT molecular complexity index is 704. The number of hydrogen-bond donors (Lipinski definition) is 1. The van der Waals surface area contributed by atoms with Gasteiger partial charge in [-0.3, -0.25) is 4.79 Å². The molecule has 0 saturated heterocycles. The van der Waals surface area contributed by atoms with Crippen molar-refractivity contribution in [3.63, 3.8) is 0 Å². The summed E-state index contributed by atoms with van der Waals surface area (Å²) in [4.78, 5) is 12.2. The van der Waals surface area contributed by atoms with Gasteiger partial charge < -0.3 is 10.1 Å². The second-order valence-electron chi connectivity index (χ2n) is 4.40. The van der Waals surface area contributed by atoms with Gasteiger partial charge >= 0.3 is 0 Å². The largest absolute Gasteiger partial charge is 0.495 e. The molecule has 0 aliphatic rings. The summed E-state index contributed by atoms with van der Waals surface area (Å²) in [7, 11) is 1.53. The molecule has 0 atom stereocenters. The number of rotatable bonds is 3. The van der Waals surface area contributed by atoms with Gasteiger partial charge in [0.2, 0.25) is 0 Å². The van der Waals surface area contributed by atoms with E-state index in [1.165, 1.54) is 19.2 Å². The van der Waals surface area contributed by atoms with E-state index in [0.717, 1.165) is 10.0 Å². The van der Waals surface area contributed by atoms with Gasteiger partial charge in [0.15, 0.2) is 0 Å². The van der Waals surface area contributed by atoms with Crippen LogP contribution in [0.1, 0.15) is 15.9 Å². The minimum absolute atomic E-state index is 0.00351. The standard InChI is InChI=1S/C15H12Br2FNO2/c1-8-3-4-12(18)9(5-8)15(20)19-13-7-14(21-2)11(17)6-10(13)16/h3-7H,1-2H3,(H,19,20). The Morgan fingerprint density at radius 1 is 1.19 bits per heavy atom. The molecule has 0 aromatic heterocycles. The van der Waals surface area contributed by atoms with Gasteiger partial charge in [-0.2, -0.15) is 0 Å². The lowest BCUT2D eigenvalue weighted by Crippen LogP contribution is -2.14. The minimum Gasteiger partial charge on any atom is -0.495 e. The smallest absolute Gasteiger partial charge is 0.258 e. The van der Waals surface area contributed by atoms with E-state index < -0.39 is 11.7 Å². The Morgan fingerprint density at radius 2 is 1.90 bits per heavy atom. The lowest BCUT2D eigenvalue weighted by atomic mass is 10.1. The highest BCUT2D eigenvalue weighted by Crippen LogP contribution is 2.34. The predicted molar refractivity (Wildman–Crippen MR) is 87.5 cm³/mol. The van der Waals surface area contributed by atoms with E-state index in [1.54, 1.807) is 25.1 Å². The molecule has 2 rings (SSSR count). The Balaban J connectivity index is 2.33. The van der Waals surface area contributed by atoms with E-state index in [1.807, 2.05) is 0 Å². The molecular formula is C15H12Br2FNO2. The highest BCUT2D eigenvalue weighted by atomic mass is 79.9. The van der Waals surface area contributed by atoms with E-state index in [2.05, 4.69) is 37.2 Å². The molecule has 0 spiro atoms. The third-order valence-electron chi connectivity index (χ3n) is 2.86. The normalized spacial score (nSPS) is 10.3. The molecule has 3 nitrogen and oxygen atoms in total. The van der Waals surface area contributed by atoms with Crippen LogP contribution in [0.5, 0.6) is 5.75 Å². The molecule has 1 amide bonds. The van der Waals surface area contributed by atoms with Crippen molar-refractivity contribution in [1.29, 1.82) is 0 Å². The number of halogens is 3. The third kappa shape index (κ3) is 3.63. The zero-order valence-corrected chi connectivity index (χ0v) is 14.5. The first-order valence-electron chi connectivity index (χ1n) is 6.03. The van der Waals surface area contributed by atoms with Crippen molar-refractivity contribution in [3.8, 4) is 5.75 Å². The van der Waals surface area contributed by atoms with Crippen molar-refractivity contribution < 1.29 is 13.9 Å². The first-order chi connectivity index (χ1) is 9.92. The number of aryl methyl sites for hydroxylation is 1. The zero-order chi connectivity index (χ0) is 15.6. The van der Waals surface area contributed by atoms with E-state index in [0.29, 0.717) is 15.9 Å². The number of carbonyl (C=O) groups excluding carboxylic acids is 1. The number of anilines is 1. The van der Waals surface area contributed by atoms with Crippen LogP contribution in [-0.2, 0) is 0 Å². The van der Waals surface area contributed by atoms with Crippen molar-refractivity contribution in [3.05, 3.63) is 56.2 Å². The SMILES string of the molecule is COc1cc(NC(=O)c2cc(C)ccc2F)c(Br)cc1Br. The van der Waals surface area contributed by atoms with Crippen LogP contribution in [-0.4, -0.2) is 13.0 Å². The van der Waals surface area contributed by atoms with Gasteiger partial charge in [0.05, 0.1) is 22.8 Å². The summed E-state index contributed by atoms with van der Waals surface area (Å²) < 4.78 is 20.3. The topological polar surface area (TPSA) is 38.3 Å². The maximum atomic E-state index is 13.7. The molecule has 0 radical (unpaired) electrons. The van der Waals surface area contributed by atoms with Crippen LogP contribution in [0.4, 0.5) is 10.1 Å². The van der Waals surface area contributed by atoms with Crippen molar-refractivity contribution >= 4 is 43.5 Å². The summed E-state index contributed by atoms with van der Waals surface area (Å²) in [6.45, 7) is 1.80. The van der Waals surface area contributed by atoms with Gasteiger partial charge in [-0.15, -0.1) is 0 Å².